The Labute approximate surface area is 213 Å². The van der Waals surface area contributed by atoms with Crippen LogP contribution in [0.3, 0.4) is 0 Å². The number of likely N-dealkylation sites (tertiary alicyclic amines) is 2. The maximum absolute atomic E-state index is 13.0. The SMILES string of the molecule is CCN(CC)C(=O)C1CCN(C(=O)c2ccc(C(=O)N3CCC(C(=O)N(CC)CC)CC3)s2)CC1. The van der Waals surface area contributed by atoms with Crippen LogP contribution in [0.15, 0.2) is 12.1 Å². The van der Waals surface area contributed by atoms with Crippen molar-refractivity contribution >= 4 is 35.0 Å². The predicted molar refractivity (Wildman–Crippen MR) is 137 cm³/mol. The number of hydrogen-bond donors (Lipinski definition) is 0. The third-order valence-corrected chi connectivity index (χ3v) is 8.50. The Bertz CT molecular complexity index is 822. The molecule has 0 spiro atoms. The molecule has 0 unspecified atom stereocenters. The van der Waals surface area contributed by atoms with Crippen LogP contribution in [0.5, 0.6) is 0 Å². The molecule has 0 aliphatic carbocycles. The van der Waals surface area contributed by atoms with Crippen LogP contribution in [0.4, 0.5) is 0 Å². The van der Waals surface area contributed by atoms with Gasteiger partial charge in [0.15, 0.2) is 0 Å². The lowest BCUT2D eigenvalue weighted by Crippen LogP contribution is -2.44. The molecule has 3 rings (SSSR count). The molecule has 0 radical (unpaired) electrons. The minimum atomic E-state index is -0.0636. The highest BCUT2D eigenvalue weighted by Gasteiger charge is 2.32. The zero-order chi connectivity index (χ0) is 25.5. The summed E-state index contributed by atoms with van der Waals surface area (Å²) in [6.45, 7) is 13.1. The Hall–Kier alpha value is -2.42. The molecule has 2 fully saturated rings. The van der Waals surface area contributed by atoms with Crippen LogP contribution in [-0.4, -0.2) is 95.6 Å². The van der Waals surface area contributed by atoms with Gasteiger partial charge in [0.25, 0.3) is 11.8 Å². The van der Waals surface area contributed by atoms with Gasteiger partial charge in [0.05, 0.1) is 9.75 Å². The topological polar surface area (TPSA) is 81.2 Å². The number of rotatable bonds is 8. The summed E-state index contributed by atoms with van der Waals surface area (Å²) in [5, 5.41) is 0. The van der Waals surface area contributed by atoms with Crippen LogP contribution in [0.25, 0.3) is 0 Å². The van der Waals surface area contributed by atoms with Gasteiger partial charge in [0, 0.05) is 64.2 Å². The summed E-state index contributed by atoms with van der Waals surface area (Å²) < 4.78 is 0. The van der Waals surface area contributed by atoms with Crippen molar-refractivity contribution in [3.63, 3.8) is 0 Å². The minimum Gasteiger partial charge on any atom is -0.343 e. The van der Waals surface area contributed by atoms with E-state index in [4.69, 9.17) is 0 Å². The molecule has 194 valence electrons. The van der Waals surface area contributed by atoms with Crippen molar-refractivity contribution in [2.24, 2.45) is 11.8 Å². The lowest BCUT2D eigenvalue weighted by molar-refractivity contribution is -0.137. The number of nitrogens with zero attached hydrogens (tertiary/aromatic N) is 4. The van der Waals surface area contributed by atoms with Crippen molar-refractivity contribution in [1.29, 1.82) is 0 Å². The van der Waals surface area contributed by atoms with Gasteiger partial charge in [-0.3, -0.25) is 19.2 Å². The van der Waals surface area contributed by atoms with Gasteiger partial charge in [-0.1, -0.05) is 0 Å². The van der Waals surface area contributed by atoms with E-state index in [1.807, 2.05) is 37.5 Å². The molecule has 0 N–H and O–H groups in total. The molecule has 1 aromatic rings. The van der Waals surface area contributed by atoms with E-state index >= 15 is 0 Å². The molecule has 0 atom stereocenters. The first-order valence-corrected chi connectivity index (χ1v) is 13.9. The lowest BCUT2D eigenvalue weighted by atomic mass is 9.95. The summed E-state index contributed by atoms with van der Waals surface area (Å²) in [5.41, 5.74) is 0. The molecule has 9 heteroatoms. The summed E-state index contributed by atoms with van der Waals surface area (Å²) in [5.74, 6) is 0.215. The van der Waals surface area contributed by atoms with Crippen molar-refractivity contribution in [3.8, 4) is 0 Å². The highest BCUT2D eigenvalue weighted by atomic mass is 32.1. The van der Waals surface area contributed by atoms with E-state index in [0.29, 0.717) is 87.8 Å². The highest BCUT2D eigenvalue weighted by molar-refractivity contribution is 7.15. The molecular formula is C26H40N4O4S. The monoisotopic (exact) mass is 504 g/mol. The third-order valence-electron chi connectivity index (χ3n) is 7.44. The smallest absolute Gasteiger partial charge is 0.263 e. The van der Waals surface area contributed by atoms with Crippen LogP contribution in [0.2, 0.25) is 0 Å². The van der Waals surface area contributed by atoms with E-state index in [0.717, 1.165) is 0 Å². The number of carbonyl (C=O) groups is 4. The van der Waals surface area contributed by atoms with Crippen molar-refractivity contribution in [2.75, 3.05) is 52.4 Å². The molecule has 2 aliphatic heterocycles. The summed E-state index contributed by atoms with van der Waals surface area (Å²) in [4.78, 5) is 59.8. The van der Waals surface area contributed by atoms with Crippen molar-refractivity contribution < 1.29 is 19.2 Å². The first-order chi connectivity index (χ1) is 16.8. The molecular weight excluding hydrogens is 464 g/mol. The predicted octanol–water partition coefficient (Wildman–Crippen LogP) is 3.19. The molecule has 0 bridgehead atoms. The van der Waals surface area contributed by atoms with Crippen molar-refractivity contribution in [1.82, 2.24) is 19.6 Å². The second-order valence-corrected chi connectivity index (χ2v) is 10.4. The van der Waals surface area contributed by atoms with Crippen LogP contribution >= 0.6 is 11.3 Å². The Morgan fingerprint density at radius 1 is 0.686 bits per heavy atom. The molecule has 0 saturated carbocycles. The maximum atomic E-state index is 13.0. The summed E-state index contributed by atoms with van der Waals surface area (Å²) in [6.07, 6.45) is 2.72. The molecule has 35 heavy (non-hydrogen) atoms. The highest BCUT2D eigenvalue weighted by Crippen LogP contribution is 2.27. The van der Waals surface area contributed by atoms with Gasteiger partial charge < -0.3 is 19.6 Å². The van der Waals surface area contributed by atoms with Gasteiger partial charge in [-0.2, -0.15) is 0 Å². The van der Waals surface area contributed by atoms with Crippen LogP contribution in [0, 0.1) is 11.8 Å². The zero-order valence-corrected chi connectivity index (χ0v) is 22.4. The van der Waals surface area contributed by atoms with Crippen molar-refractivity contribution in [3.05, 3.63) is 21.9 Å². The fourth-order valence-electron chi connectivity index (χ4n) is 5.13. The first kappa shape index (κ1) is 27.2. The van der Waals surface area contributed by atoms with Crippen molar-refractivity contribution in [2.45, 2.75) is 53.4 Å². The number of piperidine rings is 2. The van der Waals surface area contributed by atoms with Gasteiger partial charge in [-0.15, -0.1) is 11.3 Å². The lowest BCUT2D eigenvalue weighted by Gasteiger charge is -2.33. The average molecular weight is 505 g/mol. The fraction of sp³-hybridized carbons (Fsp3) is 0.692. The Balaban J connectivity index is 1.52. The van der Waals surface area contributed by atoms with Gasteiger partial charge >= 0.3 is 0 Å². The molecule has 2 saturated heterocycles. The number of carbonyl (C=O) groups excluding carboxylic acids is 4. The van der Waals surface area contributed by atoms with Crippen LogP contribution in [0.1, 0.15) is 72.7 Å². The summed E-state index contributed by atoms with van der Waals surface area (Å²) in [6, 6.07) is 3.48. The summed E-state index contributed by atoms with van der Waals surface area (Å²) in [7, 11) is 0. The van der Waals surface area contributed by atoms with E-state index in [1.165, 1.54) is 11.3 Å². The molecule has 0 aromatic carbocycles. The van der Waals surface area contributed by atoms with E-state index in [-0.39, 0.29) is 35.5 Å². The van der Waals surface area contributed by atoms with Gasteiger partial charge in [-0.25, -0.2) is 0 Å². The summed E-state index contributed by atoms with van der Waals surface area (Å²) >= 11 is 1.24. The third kappa shape index (κ3) is 6.23. The maximum Gasteiger partial charge on any atom is 0.263 e. The molecule has 2 aliphatic rings. The Morgan fingerprint density at radius 2 is 1.00 bits per heavy atom. The largest absolute Gasteiger partial charge is 0.343 e. The molecule has 4 amide bonds. The first-order valence-electron chi connectivity index (χ1n) is 13.1. The standard InChI is InChI=1S/C26H40N4O4S/c1-5-27(6-2)23(31)19-11-15-29(16-12-19)25(33)21-9-10-22(35-21)26(34)30-17-13-20(14-18-30)24(32)28(7-3)8-4/h9-10,19-20H,5-8,11-18H2,1-4H3. The van der Waals surface area contributed by atoms with E-state index in [1.54, 1.807) is 21.9 Å². The second kappa shape index (κ2) is 12.5. The van der Waals surface area contributed by atoms with Gasteiger partial charge in [-0.05, 0) is 65.5 Å². The van der Waals surface area contributed by atoms with Gasteiger partial charge in [0.1, 0.15) is 0 Å². The molecule has 3 heterocycles. The minimum absolute atomic E-state index is 0.0176. The normalized spacial score (nSPS) is 17.4. The number of amides is 4. The Morgan fingerprint density at radius 3 is 1.29 bits per heavy atom. The molecule has 1 aromatic heterocycles. The van der Waals surface area contributed by atoms with E-state index in [9.17, 15) is 19.2 Å². The zero-order valence-electron chi connectivity index (χ0n) is 21.6. The van der Waals surface area contributed by atoms with Crippen LogP contribution < -0.4 is 0 Å². The van der Waals surface area contributed by atoms with Gasteiger partial charge in [0.2, 0.25) is 11.8 Å². The van der Waals surface area contributed by atoms with Crippen LogP contribution in [-0.2, 0) is 9.59 Å². The number of hydrogen-bond acceptors (Lipinski definition) is 5. The number of thiophene rings is 1. The fourth-order valence-corrected chi connectivity index (χ4v) is 6.07. The Kier molecular flexibility index (Phi) is 9.71. The van der Waals surface area contributed by atoms with E-state index < -0.39 is 0 Å². The van der Waals surface area contributed by atoms with E-state index in [2.05, 4.69) is 0 Å². The average Bonchev–Trinajstić information content (AvgIpc) is 3.39. The molecule has 8 nitrogen and oxygen atoms in total. The quantitative estimate of drug-likeness (QED) is 0.545. The second-order valence-electron chi connectivity index (χ2n) is 9.32.